The van der Waals surface area contributed by atoms with Crippen LogP contribution in [0.1, 0.15) is 35.7 Å². The Morgan fingerprint density at radius 2 is 1.83 bits per heavy atom. The molecule has 0 aliphatic heterocycles. The van der Waals surface area contributed by atoms with Gasteiger partial charge >= 0.3 is 6.18 Å². The number of halogens is 3. The minimum atomic E-state index is -4.40. The van der Waals surface area contributed by atoms with Crippen LogP contribution in [-0.2, 0) is 6.18 Å². The molecule has 1 amide bonds. The number of rotatable bonds is 6. The number of unbranched alkanes of at least 4 members (excludes halogenated alkanes) is 1. The molecule has 1 aromatic carbocycles. The normalized spacial score (nSPS) is 11.2. The number of carbonyl (C=O) groups excluding carboxylic acids is 1. The lowest BCUT2D eigenvalue weighted by Gasteiger charge is -2.10. The van der Waals surface area contributed by atoms with Crippen molar-refractivity contribution in [1.29, 1.82) is 0 Å². The maximum absolute atomic E-state index is 12.5. The van der Waals surface area contributed by atoms with Gasteiger partial charge in [-0.25, -0.2) is 0 Å². The average molecular weight is 337 g/mol. The molecule has 0 fully saturated rings. The number of benzene rings is 1. The molecule has 0 saturated carbocycles. The zero-order valence-electron chi connectivity index (χ0n) is 13.2. The molecule has 2 rings (SSSR count). The number of alkyl halides is 3. The molecule has 1 aromatic heterocycles. The number of aromatic nitrogens is 1. The first-order valence-electron chi connectivity index (χ1n) is 7.57. The van der Waals surface area contributed by atoms with Gasteiger partial charge in [0.1, 0.15) is 0 Å². The number of amides is 1. The van der Waals surface area contributed by atoms with Gasteiger partial charge in [0.05, 0.1) is 16.8 Å². The second kappa shape index (κ2) is 7.81. The van der Waals surface area contributed by atoms with Crippen LogP contribution in [0.2, 0.25) is 0 Å². The van der Waals surface area contributed by atoms with Gasteiger partial charge in [0.15, 0.2) is 0 Å². The van der Waals surface area contributed by atoms with Crippen molar-refractivity contribution in [1.82, 2.24) is 4.98 Å². The molecule has 7 heteroatoms. The fraction of sp³-hybridized carbons (Fsp3) is 0.294. The minimum Gasteiger partial charge on any atom is -0.384 e. The van der Waals surface area contributed by atoms with Crippen molar-refractivity contribution >= 4 is 17.3 Å². The van der Waals surface area contributed by atoms with E-state index in [1.807, 2.05) is 0 Å². The Bertz CT molecular complexity index is 684. The SMILES string of the molecule is CCCCNc1cncc(C(=O)Nc2ccc(C(F)(F)F)cc2)c1. The monoisotopic (exact) mass is 337 g/mol. The Labute approximate surface area is 138 Å². The Kier molecular flexibility index (Phi) is 5.78. The first-order chi connectivity index (χ1) is 11.4. The molecule has 0 atom stereocenters. The molecule has 24 heavy (non-hydrogen) atoms. The van der Waals surface area contributed by atoms with Gasteiger partial charge < -0.3 is 10.6 Å². The molecule has 2 N–H and O–H groups in total. The van der Waals surface area contributed by atoms with E-state index in [1.165, 1.54) is 18.3 Å². The summed E-state index contributed by atoms with van der Waals surface area (Å²) in [6.07, 6.45) is 0.677. The predicted molar refractivity (Wildman–Crippen MR) is 87.0 cm³/mol. The van der Waals surface area contributed by atoms with Crippen LogP contribution in [0, 0.1) is 0 Å². The van der Waals surface area contributed by atoms with Crippen LogP contribution < -0.4 is 10.6 Å². The van der Waals surface area contributed by atoms with E-state index in [-0.39, 0.29) is 5.69 Å². The summed E-state index contributed by atoms with van der Waals surface area (Å²) in [6, 6.07) is 5.95. The molecule has 0 unspecified atom stereocenters. The maximum Gasteiger partial charge on any atom is 0.416 e. The van der Waals surface area contributed by atoms with E-state index in [2.05, 4.69) is 22.5 Å². The van der Waals surface area contributed by atoms with Crippen molar-refractivity contribution in [3.05, 3.63) is 53.9 Å². The number of hydrogen-bond donors (Lipinski definition) is 2. The highest BCUT2D eigenvalue weighted by atomic mass is 19.4. The largest absolute Gasteiger partial charge is 0.416 e. The summed E-state index contributed by atoms with van der Waals surface area (Å²) in [5.41, 5.74) is 0.585. The fourth-order valence-corrected chi connectivity index (χ4v) is 2.02. The molecule has 0 spiro atoms. The molecule has 2 aromatic rings. The van der Waals surface area contributed by atoms with Crippen molar-refractivity contribution in [2.45, 2.75) is 25.9 Å². The lowest BCUT2D eigenvalue weighted by atomic mass is 10.2. The van der Waals surface area contributed by atoms with Crippen LogP contribution in [0.5, 0.6) is 0 Å². The van der Waals surface area contributed by atoms with Crippen molar-refractivity contribution in [3.8, 4) is 0 Å². The molecule has 0 aliphatic rings. The van der Waals surface area contributed by atoms with E-state index in [0.29, 0.717) is 5.56 Å². The topological polar surface area (TPSA) is 54.0 Å². The summed E-state index contributed by atoms with van der Waals surface area (Å²) in [7, 11) is 0. The summed E-state index contributed by atoms with van der Waals surface area (Å²) >= 11 is 0. The molecular weight excluding hydrogens is 319 g/mol. The first-order valence-corrected chi connectivity index (χ1v) is 7.57. The summed E-state index contributed by atoms with van der Waals surface area (Å²) in [5, 5.41) is 5.72. The smallest absolute Gasteiger partial charge is 0.384 e. The van der Waals surface area contributed by atoms with Crippen molar-refractivity contribution in [3.63, 3.8) is 0 Å². The highest BCUT2D eigenvalue weighted by Crippen LogP contribution is 2.29. The van der Waals surface area contributed by atoms with E-state index in [9.17, 15) is 18.0 Å². The van der Waals surface area contributed by atoms with Crippen LogP contribution in [0.4, 0.5) is 24.5 Å². The molecular formula is C17H18F3N3O. The van der Waals surface area contributed by atoms with Gasteiger partial charge in [0, 0.05) is 24.6 Å². The number of carbonyl (C=O) groups is 1. The second-order valence-corrected chi connectivity index (χ2v) is 5.27. The number of anilines is 2. The lowest BCUT2D eigenvalue weighted by Crippen LogP contribution is -2.13. The second-order valence-electron chi connectivity index (χ2n) is 5.27. The van der Waals surface area contributed by atoms with Crippen LogP contribution in [0.15, 0.2) is 42.7 Å². The zero-order chi connectivity index (χ0) is 17.6. The van der Waals surface area contributed by atoms with E-state index in [4.69, 9.17) is 0 Å². The van der Waals surface area contributed by atoms with Crippen LogP contribution >= 0.6 is 0 Å². The average Bonchev–Trinajstić information content (AvgIpc) is 2.55. The predicted octanol–water partition coefficient (Wildman–Crippen LogP) is 4.56. The van der Waals surface area contributed by atoms with Crippen LogP contribution in [-0.4, -0.2) is 17.4 Å². The molecule has 0 saturated heterocycles. The van der Waals surface area contributed by atoms with Crippen molar-refractivity contribution < 1.29 is 18.0 Å². The lowest BCUT2D eigenvalue weighted by molar-refractivity contribution is -0.137. The van der Waals surface area contributed by atoms with Gasteiger partial charge in [-0.15, -0.1) is 0 Å². The highest BCUT2D eigenvalue weighted by molar-refractivity contribution is 6.04. The summed E-state index contributed by atoms with van der Waals surface area (Å²) in [4.78, 5) is 16.2. The molecule has 0 bridgehead atoms. The number of pyridine rings is 1. The third-order valence-corrected chi connectivity index (χ3v) is 3.33. The van der Waals surface area contributed by atoms with Gasteiger partial charge in [-0.1, -0.05) is 13.3 Å². The van der Waals surface area contributed by atoms with E-state index in [0.717, 1.165) is 37.2 Å². The standard InChI is InChI=1S/C17H18F3N3O/c1-2-3-8-22-15-9-12(10-21-11-15)16(24)23-14-6-4-13(5-7-14)17(18,19)20/h4-7,9-11,22H,2-3,8H2,1H3,(H,23,24). The third-order valence-electron chi connectivity index (χ3n) is 3.33. The van der Waals surface area contributed by atoms with Crippen LogP contribution in [0.3, 0.4) is 0 Å². The highest BCUT2D eigenvalue weighted by Gasteiger charge is 2.29. The summed E-state index contributed by atoms with van der Waals surface area (Å²) in [5.74, 6) is -0.429. The maximum atomic E-state index is 12.5. The van der Waals surface area contributed by atoms with Gasteiger partial charge in [-0.2, -0.15) is 13.2 Å². The summed E-state index contributed by atoms with van der Waals surface area (Å²) in [6.45, 7) is 2.86. The third kappa shape index (κ3) is 4.97. The molecule has 0 radical (unpaired) electrons. The van der Waals surface area contributed by atoms with Gasteiger partial charge in [0.2, 0.25) is 0 Å². The molecule has 128 valence electrons. The quantitative estimate of drug-likeness (QED) is 0.760. The minimum absolute atomic E-state index is 0.289. The van der Waals surface area contributed by atoms with Gasteiger partial charge in [-0.05, 0) is 36.8 Å². The number of nitrogens with zero attached hydrogens (tertiary/aromatic N) is 1. The van der Waals surface area contributed by atoms with E-state index >= 15 is 0 Å². The molecule has 0 aliphatic carbocycles. The number of hydrogen-bond acceptors (Lipinski definition) is 3. The van der Waals surface area contributed by atoms with E-state index in [1.54, 1.807) is 12.3 Å². The fourth-order valence-electron chi connectivity index (χ4n) is 2.02. The van der Waals surface area contributed by atoms with E-state index < -0.39 is 17.6 Å². The summed E-state index contributed by atoms with van der Waals surface area (Å²) < 4.78 is 37.5. The van der Waals surface area contributed by atoms with Crippen LogP contribution in [0.25, 0.3) is 0 Å². The van der Waals surface area contributed by atoms with Gasteiger partial charge in [0.25, 0.3) is 5.91 Å². The van der Waals surface area contributed by atoms with Gasteiger partial charge in [-0.3, -0.25) is 9.78 Å². The Morgan fingerprint density at radius 1 is 1.12 bits per heavy atom. The molecule has 4 nitrogen and oxygen atoms in total. The Hall–Kier alpha value is -2.57. The Balaban J connectivity index is 2.03. The Morgan fingerprint density at radius 3 is 2.46 bits per heavy atom. The van der Waals surface area contributed by atoms with Crippen molar-refractivity contribution in [2.75, 3.05) is 17.2 Å². The first kappa shape index (κ1) is 17.8. The molecule has 1 heterocycles. The number of nitrogens with one attached hydrogen (secondary N) is 2. The zero-order valence-corrected chi connectivity index (χ0v) is 13.2. The van der Waals surface area contributed by atoms with Crippen molar-refractivity contribution in [2.24, 2.45) is 0 Å².